The number of para-hydroxylation sites is 1. The van der Waals surface area contributed by atoms with Crippen LogP contribution in [0.5, 0.6) is 0 Å². The van der Waals surface area contributed by atoms with E-state index < -0.39 is 22.5 Å². The number of hydrogen-bond donors (Lipinski definition) is 1. The summed E-state index contributed by atoms with van der Waals surface area (Å²) in [5.41, 5.74) is 3.15. The largest absolute Gasteiger partial charge is 0.341 e. The van der Waals surface area contributed by atoms with Crippen LogP contribution in [0.2, 0.25) is 5.02 Å². The summed E-state index contributed by atoms with van der Waals surface area (Å²) in [4.78, 5) is 13.3. The molecular formula is C28H24ClN3O3S. The molecule has 8 heteroatoms. The van der Waals surface area contributed by atoms with Crippen molar-refractivity contribution in [3.05, 3.63) is 102 Å². The van der Waals surface area contributed by atoms with Gasteiger partial charge in [-0.1, -0.05) is 48.0 Å². The van der Waals surface area contributed by atoms with Crippen LogP contribution in [0.15, 0.2) is 102 Å². The van der Waals surface area contributed by atoms with Crippen LogP contribution < -0.4 is 9.62 Å². The van der Waals surface area contributed by atoms with Gasteiger partial charge < -0.3 is 9.88 Å². The van der Waals surface area contributed by atoms with Crippen molar-refractivity contribution < 1.29 is 13.2 Å². The molecule has 1 heterocycles. The number of fused-ring (bicyclic) bond motifs is 3. The molecule has 0 bridgehead atoms. The van der Waals surface area contributed by atoms with E-state index in [1.54, 1.807) is 42.5 Å². The first kappa shape index (κ1) is 23.9. The van der Waals surface area contributed by atoms with Crippen LogP contribution in [0.4, 0.5) is 11.4 Å². The summed E-state index contributed by atoms with van der Waals surface area (Å²) in [6.07, 6.45) is 0. The molecule has 0 saturated heterocycles. The number of nitrogens with zero attached hydrogens (tertiary/aromatic N) is 2. The van der Waals surface area contributed by atoms with Gasteiger partial charge in [0, 0.05) is 39.1 Å². The lowest BCUT2D eigenvalue weighted by atomic mass is 10.1. The standard InChI is InChI=1S/C28H24ClN3O3S/c1-2-31-26-11-7-6-10-24(26)25-18-21(14-17-27(25)31)30-28(33)19-32(22-15-12-20(29)13-16-22)36(34,35)23-8-4-3-5-9-23/h3-18H,2,19H2,1H3,(H,30,33). The number of aryl methyl sites for hydroxylation is 1. The highest BCUT2D eigenvalue weighted by Crippen LogP contribution is 2.31. The number of carbonyl (C=O) groups excluding carboxylic acids is 1. The van der Waals surface area contributed by atoms with Crippen molar-refractivity contribution in [2.75, 3.05) is 16.2 Å². The summed E-state index contributed by atoms with van der Waals surface area (Å²) in [5, 5.41) is 5.47. The molecule has 0 atom stereocenters. The summed E-state index contributed by atoms with van der Waals surface area (Å²) in [5.74, 6) is -0.456. The number of anilines is 2. The maximum atomic E-state index is 13.5. The van der Waals surface area contributed by atoms with E-state index >= 15 is 0 Å². The molecule has 36 heavy (non-hydrogen) atoms. The molecule has 4 aromatic carbocycles. The normalized spacial score (nSPS) is 11.6. The van der Waals surface area contributed by atoms with Crippen molar-refractivity contribution in [1.29, 1.82) is 0 Å². The van der Waals surface area contributed by atoms with Crippen molar-refractivity contribution in [3.63, 3.8) is 0 Å². The van der Waals surface area contributed by atoms with Gasteiger partial charge in [-0.3, -0.25) is 9.10 Å². The van der Waals surface area contributed by atoms with Crippen LogP contribution in [0.25, 0.3) is 21.8 Å². The average molecular weight is 518 g/mol. The van der Waals surface area contributed by atoms with E-state index in [2.05, 4.69) is 28.9 Å². The number of aromatic nitrogens is 1. The molecular weight excluding hydrogens is 494 g/mol. The monoisotopic (exact) mass is 517 g/mol. The molecule has 5 rings (SSSR count). The minimum Gasteiger partial charge on any atom is -0.341 e. The van der Waals surface area contributed by atoms with Crippen molar-refractivity contribution in [3.8, 4) is 0 Å². The van der Waals surface area contributed by atoms with Crippen LogP contribution in [0, 0.1) is 0 Å². The maximum absolute atomic E-state index is 13.5. The lowest BCUT2D eigenvalue weighted by molar-refractivity contribution is -0.114. The van der Waals surface area contributed by atoms with E-state index in [-0.39, 0.29) is 4.90 Å². The molecule has 0 aliphatic rings. The summed E-state index contributed by atoms with van der Waals surface area (Å²) >= 11 is 6.01. The van der Waals surface area contributed by atoms with Crippen molar-refractivity contribution >= 4 is 60.7 Å². The lowest BCUT2D eigenvalue weighted by Gasteiger charge is -2.24. The Morgan fingerprint density at radius 1 is 0.861 bits per heavy atom. The Balaban J connectivity index is 1.47. The quantitative estimate of drug-likeness (QED) is 0.275. The summed E-state index contributed by atoms with van der Waals surface area (Å²) in [6, 6.07) is 28.3. The zero-order valence-corrected chi connectivity index (χ0v) is 21.1. The number of sulfonamides is 1. The minimum atomic E-state index is -3.99. The lowest BCUT2D eigenvalue weighted by Crippen LogP contribution is -2.38. The van der Waals surface area contributed by atoms with E-state index in [1.807, 2.05) is 30.3 Å². The second kappa shape index (κ2) is 9.68. The van der Waals surface area contributed by atoms with Gasteiger partial charge >= 0.3 is 0 Å². The highest BCUT2D eigenvalue weighted by molar-refractivity contribution is 7.92. The molecule has 0 aliphatic carbocycles. The van der Waals surface area contributed by atoms with E-state index in [9.17, 15) is 13.2 Å². The summed E-state index contributed by atoms with van der Waals surface area (Å²) < 4.78 is 30.3. The number of rotatable bonds is 7. The molecule has 0 radical (unpaired) electrons. The molecule has 5 aromatic rings. The van der Waals surface area contributed by atoms with Gasteiger partial charge in [0.1, 0.15) is 6.54 Å². The average Bonchev–Trinajstić information content (AvgIpc) is 3.21. The van der Waals surface area contributed by atoms with Gasteiger partial charge in [-0.15, -0.1) is 0 Å². The molecule has 0 spiro atoms. The maximum Gasteiger partial charge on any atom is 0.264 e. The fraction of sp³-hybridized carbons (Fsp3) is 0.107. The topological polar surface area (TPSA) is 71.4 Å². The van der Waals surface area contributed by atoms with Gasteiger partial charge in [0.15, 0.2) is 0 Å². The Morgan fingerprint density at radius 2 is 1.53 bits per heavy atom. The highest BCUT2D eigenvalue weighted by atomic mass is 35.5. The number of amides is 1. The zero-order valence-electron chi connectivity index (χ0n) is 19.6. The van der Waals surface area contributed by atoms with E-state index in [0.717, 1.165) is 32.7 Å². The summed E-state index contributed by atoms with van der Waals surface area (Å²) in [6.45, 7) is 2.52. The van der Waals surface area contributed by atoms with Crippen molar-refractivity contribution in [2.45, 2.75) is 18.4 Å². The number of hydrogen-bond acceptors (Lipinski definition) is 3. The number of benzene rings is 4. The van der Waals surface area contributed by atoms with Crippen molar-refractivity contribution in [1.82, 2.24) is 4.57 Å². The molecule has 0 saturated carbocycles. The van der Waals surface area contributed by atoms with E-state index in [0.29, 0.717) is 16.4 Å². The van der Waals surface area contributed by atoms with E-state index in [1.165, 1.54) is 12.1 Å². The number of carbonyl (C=O) groups is 1. The molecule has 1 aromatic heterocycles. The molecule has 6 nitrogen and oxygen atoms in total. The second-order valence-electron chi connectivity index (χ2n) is 8.34. The molecule has 1 N–H and O–H groups in total. The first-order valence-electron chi connectivity index (χ1n) is 11.5. The predicted octanol–water partition coefficient (Wildman–Crippen LogP) is 6.30. The fourth-order valence-electron chi connectivity index (χ4n) is 4.45. The first-order chi connectivity index (χ1) is 17.4. The van der Waals surface area contributed by atoms with Gasteiger partial charge in [0.25, 0.3) is 10.0 Å². The van der Waals surface area contributed by atoms with Crippen LogP contribution in [-0.2, 0) is 21.4 Å². The smallest absolute Gasteiger partial charge is 0.264 e. The Kier molecular flexibility index (Phi) is 6.43. The Bertz CT molecular complexity index is 1660. The van der Waals surface area contributed by atoms with E-state index in [4.69, 9.17) is 11.6 Å². The van der Waals surface area contributed by atoms with Crippen LogP contribution >= 0.6 is 11.6 Å². The fourth-order valence-corrected chi connectivity index (χ4v) is 6.01. The molecule has 0 unspecified atom stereocenters. The zero-order chi connectivity index (χ0) is 25.3. The third kappa shape index (κ3) is 4.43. The third-order valence-electron chi connectivity index (χ3n) is 6.11. The van der Waals surface area contributed by atoms with Crippen molar-refractivity contribution in [2.24, 2.45) is 0 Å². The minimum absolute atomic E-state index is 0.0987. The van der Waals surface area contributed by atoms with Crippen LogP contribution in [-0.4, -0.2) is 25.4 Å². The molecule has 0 fully saturated rings. The number of nitrogens with one attached hydrogen (secondary N) is 1. The van der Waals surface area contributed by atoms with Gasteiger partial charge in [-0.25, -0.2) is 8.42 Å². The second-order valence-corrected chi connectivity index (χ2v) is 10.6. The highest BCUT2D eigenvalue weighted by Gasteiger charge is 2.27. The predicted molar refractivity (Wildman–Crippen MR) is 146 cm³/mol. The Morgan fingerprint density at radius 3 is 2.25 bits per heavy atom. The van der Waals surface area contributed by atoms with Crippen LogP contribution in [0.3, 0.4) is 0 Å². The summed E-state index contributed by atoms with van der Waals surface area (Å²) in [7, 11) is -3.99. The van der Waals surface area contributed by atoms with Gasteiger partial charge in [0.2, 0.25) is 5.91 Å². The van der Waals surface area contributed by atoms with Gasteiger partial charge in [-0.05, 0) is 67.6 Å². The Labute approximate surface area is 214 Å². The SMILES string of the molecule is CCn1c2ccccc2c2cc(NC(=O)CN(c3ccc(Cl)cc3)S(=O)(=O)c3ccccc3)ccc21. The van der Waals surface area contributed by atoms with Gasteiger partial charge in [-0.2, -0.15) is 0 Å². The molecule has 0 aliphatic heterocycles. The number of halogens is 1. The molecule has 182 valence electrons. The third-order valence-corrected chi connectivity index (χ3v) is 8.15. The Hall–Kier alpha value is -3.81. The van der Waals surface area contributed by atoms with Gasteiger partial charge in [0.05, 0.1) is 10.6 Å². The molecule has 1 amide bonds. The van der Waals surface area contributed by atoms with Crippen LogP contribution in [0.1, 0.15) is 6.92 Å². The first-order valence-corrected chi connectivity index (χ1v) is 13.3.